The van der Waals surface area contributed by atoms with Crippen LogP contribution in [0.1, 0.15) is 26.7 Å². The Balaban J connectivity index is 1.68. The topological polar surface area (TPSA) is 57.7 Å². The zero-order chi connectivity index (χ0) is 16.7. The molecule has 2 aromatic heterocycles. The predicted octanol–water partition coefficient (Wildman–Crippen LogP) is 4.30. The first-order chi connectivity index (χ1) is 11.5. The zero-order valence-electron chi connectivity index (χ0n) is 13.9. The van der Waals surface area contributed by atoms with Crippen LogP contribution in [0.15, 0.2) is 30.5 Å². The summed E-state index contributed by atoms with van der Waals surface area (Å²) in [5.41, 5.74) is 3.51. The van der Waals surface area contributed by atoms with Crippen LogP contribution in [-0.4, -0.2) is 33.3 Å². The first-order valence-corrected chi connectivity index (χ1v) is 8.62. The number of aromatic amines is 1. The van der Waals surface area contributed by atoms with Crippen molar-refractivity contribution in [2.24, 2.45) is 5.41 Å². The summed E-state index contributed by atoms with van der Waals surface area (Å²) < 4.78 is 0. The number of H-pyrrole nitrogens is 1. The lowest BCUT2D eigenvalue weighted by atomic mass is 9.83. The number of anilines is 1. The molecule has 0 amide bonds. The second kappa shape index (κ2) is 5.74. The fourth-order valence-electron chi connectivity index (χ4n) is 3.13. The number of nitrogens with zero attached hydrogens (tertiary/aromatic N) is 4. The van der Waals surface area contributed by atoms with Crippen molar-refractivity contribution in [3.8, 4) is 11.3 Å². The summed E-state index contributed by atoms with van der Waals surface area (Å²) in [6, 6.07) is 7.68. The minimum atomic E-state index is 0.414. The van der Waals surface area contributed by atoms with Gasteiger partial charge in [-0.15, -0.1) is 0 Å². The molecule has 1 aliphatic rings. The largest absolute Gasteiger partial charge is 0.355 e. The van der Waals surface area contributed by atoms with Gasteiger partial charge in [-0.2, -0.15) is 5.10 Å². The molecule has 5 nitrogen and oxygen atoms in total. The van der Waals surface area contributed by atoms with Gasteiger partial charge in [-0.05, 0) is 24.3 Å². The van der Waals surface area contributed by atoms with E-state index in [1.54, 1.807) is 0 Å². The van der Waals surface area contributed by atoms with Gasteiger partial charge in [0, 0.05) is 18.7 Å². The monoisotopic (exact) mass is 341 g/mol. The molecule has 0 saturated carbocycles. The first-order valence-electron chi connectivity index (χ1n) is 8.24. The molecule has 0 unspecified atom stereocenters. The van der Waals surface area contributed by atoms with Crippen LogP contribution in [-0.2, 0) is 0 Å². The van der Waals surface area contributed by atoms with Crippen LogP contribution >= 0.6 is 11.6 Å². The highest BCUT2D eigenvalue weighted by atomic mass is 35.5. The van der Waals surface area contributed by atoms with Gasteiger partial charge in [0.15, 0.2) is 0 Å². The maximum Gasteiger partial charge on any atom is 0.202 e. The highest BCUT2D eigenvalue weighted by molar-refractivity contribution is 6.33. The zero-order valence-corrected chi connectivity index (χ0v) is 14.6. The number of benzene rings is 1. The third-order valence-electron chi connectivity index (χ3n) is 4.84. The average molecular weight is 342 g/mol. The lowest BCUT2D eigenvalue weighted by Crippen LogP contribution is -2.37. The standard InChI is InChI=1S/C18H20ClN5/c1-18(2)7-9-24(10-8-18)14-11-20-16-15(22-23-17(16)21-14)12-5-3-4-6-13(12)19/h3-6,11H,7-10H2,1-2H3,(H,21,22,23). The van der Waals surface area contributed by atoms with E-state index in [4.69, 9.17) is 16.6 Å². The van der Waals surface area contributed by atoms with Crippen LogP contribution in [0.25, 0.3) is 22.4 Å². The summed E-state index contributed by atoms with van der Waals surface area (Å²) in [7, 11) is 0. The van der Waals surface area contributed by atoms with Crippen molar-refractivity contribution >= 4 is 28.6 Å². The van der Waals surface area contributed by atoms with Crippen molar-refractivity contribution in [3.63, 3.8) is 0 Å². The average Bonchev–Trinajstić information content (AvgIpc) is 2.98. The van der Waals surface area contributed by atoms with Crippen LogP contribution in [0.2, 0.25) is 5.02 Å². The normalized spacial score (nSPS) is 17.4. The summed E-state index contributed by atoms with van der Waals surface area (Å²) >= 11 is 6.29. The van der Waals surface area contributed by atoms with E-state index in [2.05, 4.69) is 33.9 Å². The maximum atomic E-state index is 6.29. The van der Waals surface area contributed by atoms with E-state index in [0.717, 1.165) is 48.5 Å². The molecule has 124 valence electrons. The third-order valence-corrected chi connectivity index (χ3v) is 5.17. The number of aromatic nitrogens is 4. The van der Waals surface area contributed by atoms with Crippen LogP contribution in [0.3, 0.4) is 0 Å². The Morgan fingerprint density at radius 3 is 2.67 bits per heavy atom. The summed E-state index contributed by atoms with van der Waals surface area (Å²) in [5.74, 6) is 0.898. The van der Waals surface area contributed by atoms with Gasteiger partial charge in [-0.1, -0.05) is 43.6 Å². The number of halogens is 1. The second-order valence-electron chi connectivity index (χ2n) is 7.13. The molecule has 24 heavy (non-hydrogen) atoms. The molecule has 6 heteroatoms. The number of fused-ring (bicyclic) bond motifs is 1. The molecule has 1 aliphatic heterocycles. The summed E-state index contributed by atoms with van der Waals surface area (Å²) in [6.07, 6.45) is 4.17. The van der Waals surface area contributed by atoms with E-state index in [9.17, 15) is 0 Å². The Kier molecular flexibility index (Phi) is 3.68. The predicted molar refractivity (Wildman–Crippen MR) is 97.4 cm³/mol. The van der Waals surface area contributed by atoms with Crippen molar-refractivity contribution in [3.05, 3.63) is 35.5 Å². The van der Waals surface area contributed by atoms with Crippen LogP contribution in [0.4, 0.5) is 5.82 Å². The molecular weight excluding hydrogens is 322 g/mol. The van der Waals surface area contributed by atoms with Crippen molar-refractivity contribution in [1.29, 1.82) is 0 Å². The molecule has 1 N–H and O–H groups in total. The van der Waals surface area contributed by atoms with Gasteiger partial charge in [0.1, 0.15) is 11.3 Å². The Morgan fingerprint density at radius 1 is 1.17 bits per heavy atom. The lowest BCUT2D eigenvalue weighted by Gasteiger charge is -2.37. The molecule has 1 aromatic carbocycles. The minimum Gasteiger partial charge on any atom is -0.355 e. The first kappa shape index (κ1) is 15.4. The Bertz CT molecular complexity index is 876. The third kappa shape index (κ3) is 2.73. The van der Waals surface area contributed by atoms with Gasteiger partial charge in [0.05, 0.1) is 16.9 Å². The number of piperidine rings is 1. The summed E-state index contributed by atoms with van der Waals surface area (Å²) in [6.45, 7) is 6.66. The van der Waals surface area contributed by atoms with Crippen molar-refractivity contribution in [2.75, 3.05) is 18.0 Å². The van der Waals surface area contributed by atoms with Gasteiger partial charge < -0.3 is 4.90 Å². The minimum absolute atomic E-state index is 0.414. The molecule has 0 atom stereocenters. The number of hydrogen-bond donors (Lipinski definition) is 1. The van der Waals surface area contributed by atoms with Gasteiger partial charge in [0.2, 0.25) is 5.65 Å². The molecule has 1 saturated heterocycles. The van der Waals surface area contributed by atoms with Gasteiger partial charge in [-0.25, -0.2) is 9.97 Å². The van der Waals surface area contributed by atoms with Crippen molar-refractivity contribution in [1.82, 2.24) is 20.2 Å². The van der Waals surface area contributed by atoms with E-state index in [1.165, 1.54) is 0 Å². The van der Waals surface area contributed by atoms with Gasteiger partial charge >= 0.3 is 0 Å². The molecule has 1 fully saturated rings. The van der Waals surface area contributed by atoms with Crippen LogP contribution < -0.4 is 4.90 Å². The SMILES string of the molecule is CC1(C)CCN(c2cnc3c(-c4ccccc4Cl)[nH]nc3n2)CC1. The number of rotatable bonds is 2. The van der Waals surface area contributed by atoms with E-state index < -0.39 is 0 Å². The molecule has 3 heterocycles. The number of hydrogen-bond acceptors (Lipinski definition) is 4. The molecule has 0 aliphatic carbocycles. The van der Waals surface area contributed by atoms with Crippen LogP contribution in [0.5, 0.6) is 0 Å². The molecule has 0 spiro atoms. The fourth-order valence-corrected chi connectivity index (χ4v) is 3.36. The van der Waals surface area contributed by atoms with Gasteiger partial charge in [0.25, 0.3) is 0 Å². The Morgan fingerprint density at radius 2 is 1.92 bits per heavy atom. The summed E-state index contributed by atoms with van der Waals surface area (Å²) in [5, 5.41) is 8.05. The highest BCUT2D eigenvalue weighted by Gasteiger charge is 2.26. The van der Waals surface area contributed by atoms with Crippen LogP contribution in [0, 0.1) is 5.41 Å². The molecule has 0 radical (unpaired) electrons. The molecular formula is C18H20ClN5. The van der Waals surface area contributed by atoms with Crippen molar-refractivity contribution < 1.29 is 0 Å². The summed E-state index contributed by atoms with van der Waals surface area (Å²) in [4.78, 5) is 11.6. The molecule has 4 rings (SSSR count). The Labute approximate surface area is 146 Å². The quantitative estimate of drug-likeness (QED) is 0.755. The molecule has 3 aromatic rings. The second-order valence-corrected chi connectivity index (χ2v) is 7.54. The molecule has 0 bridgehead atoms. The number of nitrogens with one attached hydrogen (secondary N) is 1. The van der Waals surface area contributed by atoms with Gasteiger partial charge in [-0.3, -0.25) is 5.10 Å². The highest BCUT2D eigenvalue weighted by Crippen LogP contribution is 2.33. The smallest absolute Gasteiger partial charge is 0.202 e. The van der Waals surface area contributed by atoms with Crippen molar-refractivity contribution in [2.45, 2.75) is 26.7 Å². The van der Waals surface area contributed by atoms with E-state index in [1.807, 2.05) is 30.5 Å². The maximum absolute atomic E-state index is 6.29. The Hall–Kier alpha value is -2.14. The lowest BCUT2D eigenvalue weighted by molar-refractivity contribution is 0.279. The van der Waals surface area contributed by atoms with E-state index in [-0.39, 0.29) is 0 Å². The van der Waals surface area contributed by atoms with E-state index >= 15 is 0 Å². The fraction of sp³-hybridized carbons (Fsp3) is 0.389. The van der Waals surface area contributed by atoms with E-state index in [0.29, 0.717) is 16.1 Å².